The minimum absolute atomic E-state index is 0.0399. The number of aromatic nitrogens is 1. The van der Waals surface area contributed by atoms with Crippen LogP contribution in [-0.2, 0) is 15.3 Å². The number of oxazole rings is 1. The smallest absolute Gasteiger partial charge is 0.202 e. The summed E-state index contributed by atoms with van der Waals surface area (Å²) in [6, 6.07) is 0. The molecule has 2 heterocycles. The van der Waals surface area contributed by atoms with Crippen molar-refractivity contribution in [1.29, 1.82) is 0 Å². The molecule has 1 aliphatic heterocycles. The molecule has 0 radical (unpaired) electrons. The third-order valence-corrected chi connectivity index (χ3v) is 4.86. The van der Waals surface area contributed by atoms with Crippen LogP contribution in [0.5, 0.6) is 0 Å². The van der Waals surface area contributed by atoms with Gasteiger partial charge < -0.3 is 4.42 Å². The predicted octanol–water partition coefficient (Wildman–Crippen LogP) is 0.872. The molecular weight excluding hydrogens is 230 g/mol. The molecule has 0 spiro atoms. The summed E-state index contributed by atoms with van der Waals surface area (Å²) in [5.41, 5.74) is -0.0827. The largest absolute Gasteiger partial charge is 0.437 e. The Labute approximate surface area is 93.8 Å². The van der Waals surface area contributed by atoms with Gasteiger partial charge in [-0.05, 0) is 20.3 Å². The maximum Gasteiger partial charge on any atom is 0.202 e. The molecule has 1 aliphatic rings. The highest BCUT2D eigenvalue weighted by Crippen LogP contribution is 2.35. The molecular formula is C10H13NO4S. The fraction of sp³-hybridized carbons (Fsp3) is 0.600. The van der Waals surface area contributed by atoms with Crippen molar-refractivity contribution in [2.24, 2.45) is 0 Å². The number of nitrogens with zero attached hydrogens (tertiary/aromatic N) is 1. The van der Waals surface area contributed by atoms with Gasteiger partial charge in [0.2, 0.25) is 5.89 Å². The second kappa shape index (κ2) is 3.41. The number of carbonyl (C=O) groups is 1. The van der Waals surface area contributed by atoms with E-state index in [2.05, 4.69) is 4.98 Å². The minimum atomic E-state index is -3.00. The highest BCUT2D eigenvalue weighted by atomic mass is 32.2. The van der Waals surface area contributed by atoms with Crippen LogP contribution in [0.2, 0.25) is 0 Å². The van der Waals surface area contributed by atoms with Gasteiger partial charge >= 0.3 is 0 Å². The molecule has 0 aliphatic carbocycles. The van der Waals surface area contributed by atoms with Gasteiger partial charge in [0, 0.05) is 0 Å². The lowest BCUT2D eigenvalue weighted by Crippen LogP contribution is -2.23. The van der Waals surface area contributed by atoms with Crippen molar-refractivity contribution in [2.75, 3.05) is 11.5 Å². The van der Waals surface area contributed by atoms with Crippen molar-refractivity contribution < 1.29 is 17.6 Å². The van der Waals surface area contributed by atoms with Gasteiger partial charge in [-0.15, -0.1) is 0 Å². The molecule has 16 heavy (non-hydrogen) atoms. The summed E-state index contributed by atoms with van der Waals surface area (Å²) < 4.78 is 28.2. The first-order chi connectivity index (χ1) is 7.36. The molecule has 1 aromatic rings. The molecule has 0 aromatic carbocycles. The minimum Gasteiger partial charge on any atom is -0.437 e. The first kappa shape index (κ1) is 11.3. The van der Waals surface area contributed by atoms with Gasteiger partial charge in [0.1, 0.15) is 0 Å². The Bertz CT molecular complexity index is 531. The first-order valence-corrected chi connectivity index (χ1v) is 6.82. The normalized spacial score (nSPS) is 28.1. The number of hydrogen-bond donors (Lipinski definition) is 0. The Morgan fingerprint density at radius 1 is 1.50 bits per heavy atom. The Morgan fingerprint density at radius 3 is 2.62 bits per heavy atom. The molecule has 6 heteroatoms. The van der Waals surface area contributed by atoms with Gasteiger partial charge in [0.05, 0.1) is 22.6 Å². The van der Waals surface area contributed by atoms with Crippen LogP contribution in [0.4, 0.5) is 0 Å². The summed E-state index contributed by atoms with van der Waals surface area (Å²) in [7, 11) is -3.00. The topological polar surface area (TPSA) is 77.2 Å². The third-order valence-electron chi connectivity index (χ3n) is 2.96. The van der Waals surface area contributed by atoms with E-state index in [1.165, 1.54) is 0 Å². The average molecular weight is 243 g/mol. The Kier molecular flexibility index (Phi) is 2.41. The van der Waals surface area contributed by atoms with E-state index < -0.39 is 15.3 Å². The monoisotopic (exact) mass is 243 g/mol. The van der Waals surface area contributed by atoms with Crippen LogP contribution in [-0.4, -0.2) is 31.2 Å². The highest BCUT2D eigenvalue weighted by molar-refractivity contribution is 7.91. The molecule has 1 unspecified atom stereocenters. The summed E-state index contributed by atoms with van der Waals surface area (Å²) in [4.78, 5) is 14.8. The fourth-order valence-electron chi connectivity index (χ4n) is 1.95. The van der Waals surface area contributed by atoms with Crippen LogP contribution in [0, 0.1) is 6.92 Å². The second-order valence-electron chi connectivity index (χ2n) is 4.49. The number of carbonyl (C=O) groups excluding carboxylic acids is 1. The predicted molar refractivity (Wildman–Crippen MR) is 57.3 cm³/mol. The van der Waals surface area contributed by atoms with Gasteiger partial charge in [-0.25, -0.2) is 13.4 Å². The van der Waals surface area contributed by atoms with E-state index in [0.717, 1.165) is 0 Å². The Balaban J connectivity index is 2.41. The van der Waals surface area contributed by atoms with E-state index in [-0.39, 0.29) is 17.3 Å². The quantitative estimate of drug-likeness (QED) is 0.720. The van der Waals surface area contributed by atoms with Crippen LogP contribution >= 0.6 is 0 Å². The molecule has 88 valence electrons. The van der Waals surface area contributed by atoms with Crippen LogP contribution in [0.15, 0.2) is 4.42 Å². The number of sulfone groups is 1. The summed E-state index contributed by atoms with van der Waals surface area (Å²) in [6.07, 6.45) is 1.09. The van der Waals surface area contributed by atoms with Gasteiger partial charge in [-0.1, -0.05) is 0 Å². The van der Waals surface area contributed by atoms with Crippen LogP contribution in [0.1, 0.15) is 35.5 Å². The molecule has 0 N–H and O–H groups in total. The lowest BCUT2D eigenvalue weighted by Gasteiger charge is -2.16. The van der Waals surface area contributed by atoms with E-state index in [0.29, 0.717) is 24.3 Å². The number of aldehydes is 1. The van der Waals surface area contributed by atoms with Gasteiger partial charge in [0.25, 0.3) is 0 Å². The average Bonchev–Trinajstić information content (AvgIpc) is 2.68. The molecule has 1 saturated heterocycles. The maximum atomic E-state index is 11.4. The van der Waals surface area contributed by atoms with Crippen molar-refractivity contribution in [3.05, 3.63) is 17.3 Å². The maximum absolute atomic E-state index is 11.4. The van der Waals surface area contributed by atoms with Gasteiger partial charge in [-0.3, -0.25) is 4.79 Å². The molecule has 0 amide bonds. The highest BCUT2D eigenvalue weighted by Gasteiger charge is 2.43. The zero-order valence-corrected chi connectivity index (χ0v) is 10.0. The number of aryl methyl sites for hydroxylation is 1. The van der Waals surface area contributed by atoms with Crippen molar-refractivity contribution in [2.45, 2.75) is 25.7 Å². The molecule has 5 nitrogen and oxygen atoms in total. The standard InChI is InChI=1S/C10H13NO4S/c1-7-8(5-12)15-9(11-7)10(2)3-4-16(13,14)6-10/h5H,3-4,6H2,1-2H3. The van der Waals surface area contributed by atoms with Crippen LogP contribution in [0.3, 0.4) is 0 Å². The van der Waals surface area contributed by atoms with Crippen molar-refractivity contribution in [3.63, 3.8) is 0 Å². The molecule has 0 bridgehead atoms. The summed E-state index contributed by atoms with van der Waals surface area (Å²) in [5.74, 6) is 0.730. The fourth-order valence-corrected chi connectivity index (χ4v) is 4.10. The number of hydrogen-bond acceptors (Lipinski definition) is 5. The summed E-state index contributed by atoms with van der Waals surface area (Å²) in [6.45, 7) is 3.47. The molecule has 2 rings (SSSR count). The van der Waals surface area contributed by atoms with Crippen molar-refractivity contribution in [3.8, 4) is 0 Å². The molecule has 1 atom stereocenters. The second-order valence-corrected chi connectivity index (χ2v) is 6.67. The van der Waals surface area contributed by atoms with E-state index in [1.807, 2.05) is 0 Å². The zero-order valence-electron chi connectivity index (χ0n) is 9.19. The van der Waals surface area contributed by atoms with Gasteiger partial charge in [-0.2, -0.15) is 0 Å². The van der Waals surface area contributed by atoms with E-state index in [4.69, 9.17) is 4.42 Å². The molecule has 1 aromatic heterocycles. The van der Waals surface area contributed by atoms with E-state index >= 15 is 0 Å². The summed E-state index contributed by atoms with van der Waals surface area (Å²) >= 11 is 0. The lowest BCUT2D eigenvalue weighted by atomic mass is 9.90. The van der Waals surface area contributed by atoms with Crippen molar-refractivity contribution in [1.82, 2.24) is 4.98 Å². The Hall–Kier alpha value is -1.17. The SMILES string of the molecule is Cc1nc(C2(C)CCS(=O)(=O)C2)oc1C=O. The van der Waals surface area contributed by atoms with E-state index in [1.54, 1.807) is 13.8 Å². The molecule has 1 fully saturated rings. The summed E-state index contributed by atoms with van der Waals surface area (Å²) in [5, 5.41) is 0. The Morgan fingerprint density at radius 2 is 2.19 bits per heavy atom. The van der Waals surface area contributed by atoms with Crippen LogP contribution in [0.25, 0.3) is 0 Å². The van der Waals surface area contributed by atoms with Crippen LogP contribution < -0.4 is 0 Å². The van der Waals surface area contributed by atoms with Crippen molar-refractivity contribution >= 4 is 16.1 Å². The third kappa shape index (κ3) is 1.77. The van der Waals surface area contributed by atoms with E-state index in [9.17, 15) is 13.2 Å². The molecule has 0 saturated carbocycles. The first-order valence-electron chi connectivity index (χ1n) is 5.00. The lowest BCUT2D eigenvalue weighted by molar-refractivity contribution is 0.109. The number of rotatable bonds is 2. The zero-order chi connectivity index (χ0) is 12.0. The van der Waals surface area contributed by atoms with Gasteiger partial charge in [0.15, 0.2) is 21.9 Å².